The summed E-state index contributed by atoms with van der Waals surface area (Å²) in [4.78, 5) is 17.2. The van der Waals surface area contributed by atoms with Crippen molar-refractivity contribution in [1.82, 2.24) is 0 Å². The van der Waals surface area contributed by atoms with Crippen LogP contribution in [0.4, 0.5) is 0 Å². The monoisotopic (exact) mass is 501 g/mol. The van der Waals surface area contributed by atoms with Crippen molar-refractivity contribution >= 4 is 49.3 Å². The zero-order valence-electron chi connectivity index (χ0n) is 16.2. The van der Waals surface area contributed by atoms with Gasteiger partial charge in [0.1, 0.15) is 0 Å². The fourth-order valence-electron chi connectivity index (χ4n) is 3.79. The Morgan fingerprint density at radius 3 is 2.03 bits per heavy atom. The van der Waals surface area contributed by atoms with Crippen LogP contribution in [0.15, 0.2) is 102 Å². The topological polar surface area (TPSA) is 47.9 Å². The van der Waals surface area contributed by atoms with E-state index in [2.05, 4.69) is 11.1 Å². The maximum atomic E-state index is 12.8. The van der Waals surface area contributed by atoms with Gasteiger partial charge in [0, 0.05) is 0 Å². The van der Waals surface area contributed by atoms with Gasteiger partial charge in [-0.2, -0.15) is 0 Å². The van der Waals surface area contributed by atoms with Crippen molar-refractivity contribution in [2.75, 3.05) is 6.54 Å². The molecule has 146 valence electrons. The maximum absolute atomic E-state index is 12.8. The zero-order chi connectivity index (χ0) is 20.4. The predicted molar refractivity (Wildman–Crippen MR) is 121 cm³/mol. The van der Waals surface area contributed by atoms with E-state index in [1.807, 2.05) is 91.0 Å². The molecule has 4 aromatic rings. The second-order valence-corrected chi connectivity index (χ2v) is 15.1. The Bertz CT molecular complexity index is 1200. The minimum absolute atomic E-state index is 0.0373. The zero-order valence-corrected chi connectivity index (χ0v) is 19.0. The minimum atomic E-state index is -4.38. The summed E-state index contributed by atoms with van der Waals surface area (Å²) in [5.41, 5.74) is 0.874. The summed E-state index contributed by atoms with van der Waals surface area (Å²) in [7, 11) is 0. The summed E-state index contributed by atoms with van der Waals surface area (Å²) >= 11 is -4.38. The fraction of sp³-hybridized carbons (Fsp3) is 0.0400. The third kappa shape index (κ3) is 3.37. The summed E-state index contributed by atoms with van der Waals surface area (Å²) in [5, 5.41) is 2.13. The molecule has 0 radical (unpaired) electrons. The molecule has 1 heterocycles. The van der Waals surface area contributed by atoms with Gasteiger partial charge >= 0.3 is 180 Å². The molecule has 0 spiro atoms. The van der Waals surface area contributed by atoms with Gasteiger partial charge in [-0.1, -0.05) is 0 Å². The first-order valence-corrected chi connectivity index (χ1v) is 15.0. The number of hydrogen-bond donors (Lipinski definition) is 0. The molecule has 0 N–H and O–H groups in total. The van der Waals surface area contributed by atoms with Crippen molar-refractivity contribution in [3.05, 3.63) is 103 Å². The molecule has 1 aliphatic heterocycles. The summed E-state index contributed by atoms with van der Waals surface area (Å²) in [6.07, 6.45) is 1.73. The van der Waals surface area contributed by atoms with E-state index < -0.39 is 19.2 Å². The van der Waals surface area contributed by atoms with Gasteiger partial charge in [0.2, 0.25) is 0 Å². The van der Waals surface area contributed by atoms with Crippen LogP contribution in [-0.2, 0) is 7.87 Å². The van der Waals surface area contributed by atoms with Crippen molar-refractivity contribution in [2.24, 2.45) is 4.99 Å². The number of aliphatic imine (C=N–C) groups is 1. The Morgan fingerprint density at radius 1 is 0.700 bits per heavy atom. The van der Waals surface area contributed by atoms with Gasteiger partial charge in [-0.25, -0.2) is 0 Å². The first-order valence-electron chi connectivity index (χ1n) is 9.80. The Labute approximate surface area is 179 Å². The molecular weight excluding hydrogens is 481 g/mol. The van der Waals surface area contributed by atoms with Crippen molar-refractivity contribution in [2.45, 2.75) is 0 Å². The third-order valence-corrected chi connectivity index (χ3v) is 14.4. The Morgan fingerprint density at radius 2 is 1.33 bits per heavy atom. The molecular formula is C25H19NO3Sn. The molecule has 4 aromatic carbocycles. The SMILES string of the molecule is O=C1CN=Cc2c(ccc3ccccc23)[O][Sn]([c]2ccccc2)([c]2ccccc2)[O]1. The van der Waals surface area contributed by atoms with Crippen LogP contribution in [0.2, 0.25) is 0 Å². The van der Waals surface area contributed by atoms with Crippen LogP contribution in [0.1, 0.15) is 5.56 Å². The van der Waals surface area contributed by atoms with E-state index in [4.69, 9.17) is 6.15 Å². The molecule has 0 bridgehead atoms. The van der Waals surface area contributed by atoms with Gasteiger partial charge in [-0.05, 0) is 0 Å². The number of carbonyl (C=O) groups excluding carboxylic acids is 1. The van der Waals surface area contributed by atoms with Crippen molar-refractivity contribution < 1.29 is 10.9 Å². The molecule has 0 unspecified atom stereocenters. The van der Waals surface area contributed by atoms with Gasteiger partial charge in [0.05, 0.1) is 0 Å². The molecule has 0 aromatic heterocycles. The van der Waals surface area contributed by atoms with Crippen molar-refractivity contribution in [3.63, 3.8) is 0 Å². The third-order valence-electron chi connectivity index (χ3n) is 5.19. The average Bonchev–Trinajstić information content (AvgIpc) is 2.88. The van der Waals surface area contributed by atoms with Gasteiger partial charge in [0.15, 0.2) is 0 Å². The molecule has 0 saturated heterocycles. The van der Waals surface area contributed by atoms with E-state index in [9.17, 15) is 4.79 Å². The second-order valence-electron chi connectivity index (χ2n) is 7.09. The molecule has 1 aliphatic rings. The van der Waals surface area contributed by atoms with Crippen LogP contribution < -0.4 is 10.2 Å². The molecule has 0 atom stereocenters. The molecule has 0 saturated carbocycles. The van der Waals surface area contributed by atoms with Crippen LogP contribution in [0.5, 0.6) is 5.75 Å². The number of rotatable bonds is 2. The Balaban J connectivity index is 1.79. The standard InChI is InChI=1S/C13H11NO3.2C6H5.Sn/c15-12-6-5-9-3-1-2-4-10(9)11(12)7-14-8-13(16)17;2*1-2-4-6-5-3-1;/h1-7,15H,8H2,(H,16,17);2*1-5H;/q;;;+2/p-2. The van der Waals surface area contributed by atoms with Crippen LogP contribution in [0, 0.1) is 0 Å². The van der Waals surface area contributed by atoms with E-state index in [1.54, 1.807) is 6.21 Å². The van der Waals surface area contributed by atoms with Gasteiger partial charge in [0.25, 0.3) is 0 Å². The van der Waals surface area contributed by atoms with Crippen LogP contribution in [0.25, 0.3) is 10.8 Å². The number of nitrogens with zero attached hydrogens (tertiary/aromatic N) is 1. The molecule has 5 rings (SSSR count). The van der Waals surface area contributed by atoms with E-state index in [0.717, 1.165) is 23.5 Å². The van der Waals surface area contributed by atoms with Crippen LogP contribution in [0.3, 0.4) is 0 Å². The first-order chi connectivity index (χ1) is 14.8. The van der Waals surface area contributed by atoms with Gasteiger partial charge < -0.3 is 0 Å². The normalized spacial score (nSPS) is 15.3. The Hall–Kier alpha value is -3.12. The summed E-state index contributed by atoms with van der Waals surface area (Å²) in [6, 6.07) is 31.8. The van der Waals surface area contributed by atoms with E-state index >= 15 is 0 Å². The number of carbonyl (C=O) groups is 1. The van der Waals surface area contributed by atoms with E-state index in [-0.39, 0.29) is 12.5 Å². The molecule has 0 amide bonds. The summed E-state index contributed by atoms with van der Waals surface area (Å²) in [6.45, 7) is -0.0373. The summed E-state index contributed by atoms with van der Waals surface area (Å²) in [5.74, 6) is 0.322. The molecule has 30 heavy (non-hydrogen) atoms. The fourth-order valence-corrected chi connectivity index (χ4v) is 12.3. The average molecular weight is 500 g/mol. The number of hydrogen-bond acceptors (Lipinski definition) is 4. The van der Waals surface area contributed by atoms with Crippen LogP contribution in [-0.4, -0.2) is 37.9 Å². The van der Waals surface area contributed by atoms with Crippen molar-refractivity contribution in [3.8, 4) is 5.75 Å². The quantitative estimate of drug-likeness (QED) is 0.397. The second kappa shape index (κ2) is 7.95. The Kier molecular flexibility index (Phi) is 5.00. The van der Waals surface area contributed by atoms with Crippen LogP contribution >= 0.6 is 0 Å². The van der Waals surface area contributed by atoms with E-state index in [1.165, 1.54) is 0 Å². The number of fused-ring (bicyclic) bond motifs is 3. The van der Waals surface area contributed by atoms with Gasteiger partial charge in [-0.3, -0.25) is 0 Å². The van der Waals surface area contributed by atoms with E-state index in [0.29, 0.717) is 5.75 Å². The summed E-state index contributed by atoms with van der Waals surface area (Å²) < 4.78 is 14.9. The molecule has 0 fully saturated rings. The molecule has 5 heteroatoms. The molecule has 0 aliphatic carbocycles. The predicted octanol–water partition coefficient (Wildman–Crippen LogP) is 3.45. The first kappa shape index (κ1) is 18.9. The molecule has 4 nitrogen and oxygen atoms in total. The van der Waals surface area contributed by atoms with Crippen molar-refractivity contribution in [1.29, 1.82) is 0 Å². The number of benzene rings is 4. The van der Waals surface area contributed by atoms with Gasteiger partial charge in [-0.15, -0.1) is 0 Å².